The number of ketones is 2. The fourth-order valence-electron chi connectivity index (χ4n) is 3.76. The standard InChI is InChI=1S/C26H34O8.CH4/c1-25(2,12-17-14-33-15-23(31)24(17)32)9-7-18(27)5-6-19(28)8-10-26(3,4)13-20-11-21(29)22(30)16-34-20;/h11,14-16,30-31H,5-10,12-13H2,1-4H3;1H4. The van der Waals surface area contributed by atoms with Crippen LogP contribution in [0.15, 0.2) is 43.3 Å². The van der Waals surface area contributed by atoms with Gasteiger partial charge in [0.2, 0.25) is 10.9 Å². The first kappa shape index (κ1) is 29.9. The Morgan fingerprint density at radius 1 is 0.800 bits per heavy atom. The van der Waals surface area contributed by atoms with Crippen LogP contribution in [0, 0.1) is 10.8 Å². The first-order valence-electron chi connectivity index (χ1n) is 11.4. The molecular weight excluding hydrogens is 452 g/mol. The predicted molar refractivity (Wildman–Crippen MR) is 133 cm³/mol. The number of aromatic hydroxyl groups is 2. The fourth-order valence-corrected chi connectivity index (χ4v) is 3.76. The van der Waals surface area contributed by atoms with E-state index in [0.29, 0.717) is 49.8 Å². The molecule has 0 unspecified atom stereocenters. The van der Waals surface area contributed by atoms with Gasteiger partial charge in [-0.25, -0.2) is 0 Å². The largest absolute Gasteiger partial charge is 0.502 e. The topological polar surface area (TPSA) is 135 Å². The normalized spacial score (nSPS) is 11.7. The van der Waals surface area contributed by atoms with Gasteiger partial charge in [0.25, 0.3) is 0 Å². The Hall–Kier alpha value is -3.16. The molecule has 0 amide bonds. The molecule has 2 aromatic rings. The van der Waals surface area contributed by atoms with Crippen molar-refractivity contribution in [2.24, 2.45) is 10.8 Å². The van der Waals surface area contributed by atoms with Gasteiger partial charge >= 0.3 is 0 Å². The van der Waals surface area contributed by atoms with Crippen LogP contribution in [0.25, 0.3) is 0 Å². The highest BCUT2D eigenvalue weighted by Gasteiger charge is 2.24. The van der Waals surface area contributed by atoms with E-state index in [2.05, 4.69) is 0 Å². The molecule has 0 saturated carbocycles. The van der Waals surface area contributed by atoms with Crippen LogP contribution in [0.1, 0.15) is 85.0 Å². The summed E-state index contributed by atoms with van der Waals surface area (Å²) in [5, 5.41) is 18.8. The molecule has 0 saturated heterocycles. The van der Waals surface area contributed by atoms with Gasteiger partial charge in [0, 0.05) is 43.7 Å². The van der Waals surface area contributed by atoms with Crippen molar-refractivity contribution in [3.8, 4) is 11.5 Å². The molecule has 0 radical (unpaired) electrons. The Labute approximate surface area is 206 Å². The van der Waals surface area contributed by atoms with E-state index in [9.17, 15) is 29.4 Å². The summed E-state index contributed by atoms with van der Waals surface area (Å²) in [5.41, 5.74) is -1.25. The predicted octanol–water partition coefficient (Wildman–Crippen LogP) is 4.96. The summed E-state index contributed by atoms with van der Waals surface area (Å²) in [7, 11) is 0. The number of hydrogen-bond acceptors (Lipinski definition) is 8. The maximum atomic E-state index is 12.3. The van der Waals surface area contributed by atoms with Crippen molar-refractivity contribution in [1.29, 1.82) is 0 Å². The third-order valence-electron chi connectivity index (χ3n) is 5.95. The number of carbonyl (C=O) groups excluding carboxylic acids is 2. The third kappa shape index (κ3) is 9.92. The lowest BCUT2D eigenvalue weighted by Gasteiger charge is -2.24. The van der Waals surface area contributed by atoms with Crippen LogP contribution in [-0.4, -0.2) is 21.8 Å². The van der Waals surface area contributed by atoms with Crippen molar-refractivity contribution in [3.05, 3.63) is 56.6 Å². The fraction of sp³-hybridized carbons (Fsp3) is 0.556. The molecule has 2 rings (SSSR count). The van der Waals surface area contributed by atoms with Crippen molar-refractivity contribution >= 4 is 11.6 Å². The van der Waals surface area contributed by atoms with E-state index in [-0.39, 0.29) is 42.7 Å². The summed E-state index contributed by atoms with van der Waals surface area (Å²) >= 11 is 0. The summed E-state index contributed by atoms with van der Waals surface area (Å²) in [4.78, 5) is 48.2. The molecule has 2 aromatic heterocycles. The molecule has 0 bridgehead atoms. The average Bonchev–Trinajstić information content (AvgIpc) is 2.75. The third-order valence-corrected chi connectivity index (χ3v) is 5.95. The second-order valence-corrected chi connectivity index (χ2v) is 10.5. The summed E-state index contributed by atoms with van der Waals surface area (Å²) < 4.78 is 10.2. The molecule has 0 aliphatic rings. The van der Waals surface area contributed by atoms with Gasteiger partial charge < -0.3 is 19.0 Å². The summed E-state index contributed by atoms with van der Waals surface area (Å²) in [6.07, 6.45) is 6.24. The van der Waals surface area contributed by atoms with E-state index in [4.69, 9.17) is 8.83 Å². The van der Waals surface area contributed by atoms with E-state index < -0.39 is 22.4 Å². The monoisotopic (exact) mass is 490 g/mol. The number of Topliss-reactive ketones (excluding diaryl/α,β-unsaturated/α-hetero) is 2. The summed E-state index contributed by atoms with van der Waals surface area (Å²) in [6.45, 7) is 7.81. The Kier molecular flexibility index (Phi) is 10.7. The average molecular weight is 491 g/mol. The highest BCUT2D eigenvalue weighted by molar-refractivity contribution is 5.86. The van der Waals surface area contributed by atoms with Crippen LogP contribution < -0.4 is 10.9 Å². The minimum Gasteiger partial charge on any atom is -0.502 e. The Balaban J connectivity index is 0.00000612. The van der Waals surface area contributed by atoms with Gasteiger partial charge in [0.05, 0.1) is 6.26 Å². The maximum Gasteiger partial charge on any atom is 0.229 e. The number of rotatable bonds is 13. The van der Waals surface area contributed by atoms with Crippen LogP contribution in [0.3, 0.4) is 0 Å². The zero-order chi connectivity index (χ0) is 25.5. The van der Waals surface area contributed by atoms with E-state index in [1.807, 2.05) is 27.7 Å². The lowest BCUT2D eigenvalue weighted by atomic mass is 9.81. The van der Waals surface area contributed by atoms with Crippen LogP contribution in [-0.2, 0) is 22.4 Å². The molecule has 8 nitrogen and oxygen atoms in total. The Morgan fingerprint density at radius 2 is 1.34 bits per heavy atom. The molecule has 0 aromatic carbocycles. The molecule has 35 heavy (non-hydrogen) atoms. The van der Waals surface area contributed by atoms with Crippen LogP contribution in [0.5, 0.6) is 11.5 Å². The molecule has 0 atom stereocenters. The Morgan fingerprint density at radius 3 is 1.89 bits per heavy atom. The lowest BCUT2D eigenvalue weighted by molar-refractivity contribution is -0.124. The molecule has 0 fully saturated rings. The molecule has 194 valence electrons. The van der Waals surface area contributed by atoms with Crippen LogP contribution in [0.4, 0.5) is 0 Å². The SMILES string of the molecule is C.CC(C)(CCC(=O)CCC(=O)CCC(C)(C)Cc1cocc(O)c1=O)Cc1cc(=O)c(O)co1. The molecule has 2 heterocycles. The van der Waals surface area contributed by atoms with E-state index in [0.717, 1.165) is 12.5 Å². The number of hydrogen-bond donors (Lipinski definition) is 2. The molecular formula is C27H38O8. The van der Waals surface area contributed by atoms with E-state index in [1.54, 1.807) is 0 Å². The van der Waals surface area contributed by atoms with E-state index in [1.165, 1.54) is 12.3 Å². The zero-order valence-electron chi connectivity index (χ0n) is 20.3. The van der Waals surface area contributed by atoms with Gasteiger partial charge in [0.1, 0.15) is 29.9 Å². The smallest absolute Gasteiger partial charge is 0.229 e. The lowest BCUT2D eigenvalue weighted by Crippen LogP contribution is -2.21. The summed E-state index contributed by atoms with van der Waals surface area (Å²) in [6, 6.07) is 1.26. The first-order valence-corrected chi connectivity index (χ1v) is 11.4. The molecule has 8 heteroatoms. The van der Waals surface area contributed by atoms with Gasteiger partial charge in [0.15, 0.2) is 11.5 Å². The first-order chi connectivity index (χ1) is 15.8. The van der Waals surface area contributed by atoms with Gasteiger partial charge in [-0.2, -0.15) is 0 Å². The second kappa shape index (κ2) is 12.5. The van der Waals surface area contributed by atoms with Crippen molar-refractivity contribution in [1.82, 2.24) is 0 Å². The minimum atomic E-state index is -0.500. The second-order valence-electron chi connectivity index (χ2n) is 10.5. The maximum absolute atomic E-state index is 12.3. The molecule has 0 aliphatic carbocycles. The van der Waals surface area contributed by atoms with Crippen molar-refractivity contribution in [2.75, 3.05) is 0 Å². The van der Waals surface area contributed by atoms with Gasteiger partial charge in [-0.1, -0.05) is 35.1 Å². The van der Waals surface area contributed by atoms with E-state index >= 15 is 0 Å². The summed E-state index contributed by atoms with van der Waals surface area (Å²) in [5.74, 6) is -0.422. The molecule has 0 aliphatic heterocycles. The quantitative estimate of drug-likeness (QED) is 0.402. The van der Waals surface area contributed by atoms with Crippen LogP contribution >= 0.6 is 0 Å². The zero-order valence-corrected chi connectivity index (χ0v) is 20.3. The van der Waals surface area contributed by atoms with Crippen molar-refractivity contribution in [3.63, 3.8) is 0 Å². The van der Waals surface area contributed by atoms with Crippen molar-refractivity contribution in [2.45, 2.75) is 86.5 Å². The Bertz CT molecular complexity index is 1120. The minimum absolute atomic E-state index is 0. The van der Waals surface area contributed by atoms with Gasteiger partial charge in [-0.3, -0.25) is 19.2 Å². The van der Waals surface area contributed by atoms with Gasteiger partial charge in [-0.05, 0) is 30.1 Å². The van der Waals surface area contributed by atoms with Gasteiger partial charge in [-0.15, -0.1) is 0 Å². The molecule has 0 spiro atoms. The number of carbonyl (C=O) groups is 2. The molecule has 2 N–H and O–H groups in total. The van der Waals surface area contributed by atoms with Crippen molar-refractivity contribution < 1.29 is 28.6 Å². The highest BCUT2D eigenvalue weighted by atomic mass is 16.4. The highest BCUT2D eigenvalue weighted by Crippen LogP contribution is 2.29. The van der Waals surface area contributed by atoms with Crippen LogP contribution in [0.2, 0.25) is 0 Å².